The van der Waals surface area contributed by atoms with Gasteiger partial charge in [0.15, 0.2) is 22.7 Å². The number of fused-ring (bicyclic) bond motifs is 1. The van der Waals surface area contributed by atoms with Crippen LogP contribution in [-0.4, -0.2) is 55.4 Å². The number of methoxy groups -OCH3 is 1. The molecule has 4 N–H and O–H groups in total. The number of aromatic nitrogens is 4. The van der Waals surface area contributed by atoms with Gasteiger partial charge < -0.3 is 24.3 Å². The molecule has 182 valence electrons. The van der Waals surface area contributed by atoms with Crippen molar-refractivity contribution >= 4 is 23.3 Å². The number of hydrazone groups is 1. The Morgan fingerprint density at radius 2 is 1.97 bits per heavy atom. The number of aromatic amines is 1. The van der Waals surface area contributed by atoms with E-state index in [-0.39, 0.29) is 41.8 Å². The monoisotopic (exact) mass is 480 g/mol. The average Bonchev–Trinajstić information content (AvgIpc) is 3.21. The molecule has 2 aromatic heterocycles. The molecule has 12 heteroatoms. The van der Waals surface area contributed by atoms with Gasteiger partial charge in [-0.15, -0.1) is 0 Å². The van der Waals surface area contributed by atoms with E-state index in [9.17, 15) is 19.8 Å². The average molecular weight is 480 g/mol. The summed E-state index contributed by atoms with van der Waals surface area (Å²) in [5.74, 6) is 0.873. The number of H-pyrrole nitrogens is 1. The smallest absolute Gasteiger partial charge is 0.329 e. The number of aromatic hydroxyl groups is 1. The van der Waals surface area contributed by atoms with Gasteiger partial charge in [-0.1, -0.05) is 24.3 Å². The zero-order chi connectivity index (χ0) is 24.9. The van der Waals surface area contributed by atoms with E-state index < -0.39 is 17.4 Å². The Labute approximate surface area is 198 Å². The maximum Gasteiger partial charge on any atom is 0.329 e. The van der Waals surface area contributed by atoms with Gasteiger partial charge in [-0.2, -0.15) is 10.1 Å². The van der Waals surface area contributed by atoms with Crippen LogP contribution in [0.15, 0.2) is 63.2 Å². The summed E-state index contributed by atoms with van der Waals surface area (Å²) < 4.78 is 13.3. The van der Waals surface area contributed by atoms with E-state index in [0.29, 0.717) is 11.3 Å². The van der Waals surface area contributed by atoms with Crippen molar-refractivity contribution < 1.29 is 19.7 Å². The van der Waals surface area contributed by atoms with Crippen molar-refractivity contribution in [3.63, 3.8) is 0 Å². The minimum atomic E-state index is -1.02. The van der Waals surface area contributed by atoms with E-state index in [1.807, 2.05) is 18.2 Å². The first-order chi connectivity index (χ1) is 16.9. The Kier molecular flexibility index (Phi) is 6.83. The molecule has 4 rings (SSSR count). The maximum absolute atomic E-state index is 12.6. The number of nitrogens with one attached hydrogen (secondary N) is 2. The van der Waals surface area contributed by atoms with Crippen LogP contribution in [-0.2, 0) is 13.6 Å². The highest BCUT2D eigenvalue weighted by atomic mass is 16.5. The van der Waals surface area contributed by atoms with Crippen LogP contribution in [0.3, 0.4) is 0 Å². The molecule has 2 heterocycles. The molecular weight excluding hydrogens is 456 g/mol. The van der Waals surface area contributed by atoms with Crippen molar-refractivity contribution in [1.82, 2.24) is 19.1 Å². The van der Waals surface area contributed by atoms with Crippen molar-refractivity contribution in [2.24, 2.45) is 12.1 Å². The number of benzene rings is 2. The molecule has 0 amide bonds. The van der Waals surface area contributed by atoms with Gasteiger partial charge in [0.05, 0.1) is 19.9 Å². The number of phenolic OH excluding ortho intramolecular Hbond substituents is 1. The molecular formula is C23H24N6O6. The van der Waals surface area contributed by atoms with Gasteiger partial charge in [0.2, 0.25) is 5.95 Å². The Morgan fingerprint density at radius 1 is 1.20 bits per heavy atom. The molecule has 0 aliphatic rings. The maximum atomic E-state index is 12.6. The number of aryl methyl sites for hydroxylation is 1. The number of hydrogen-bond acceptors (Lipinski definition) is 9. The van der Waals surface area contributed by atoms with Crippen molar-refractivity contribution in [3.05, 3.63) is 74.9 Å². The highest BCUT2D eigenvalue weighted by Crippen LogP contribution is 2.28. The summed E-state index contributed by atoms with van der Waals surface area (Å²) in [5.41, 5.74) is 1.99. The van der Waals surface area contributed by atoms with Crippen molar-refractivity contribution in [2.75, 3.05) is 19.1 Å². The highest BCUT2D eigenvalue weighted by molar-refractivity contribution is 5.85. The molecule has 12 nitrogen and oxygen atoms in total. The predicted octanol–water partition coefficient (Wildman–Crippen LogP) is 1.02. The number of ether oxygens (including phenoxy) is 2. The normalized spacial score (nSPS) is 12.2. The fourth-order valence-electron chi connectivity index (χ4n) is 3.44. The Morgan fingerprint density at radius 3 is 2.71 bits per heavy atom. The number of aliphatic hydroxyl groups excluding tert-OH is 1. The SMILES string of the molecule is COc1cccc(/C=N\Nc2nc3c(c(=O)[nH]c(=O)n3C)n2C[C@H](O)COc2ccccc2)c1O. The lowest BCUT2D eigenvalue weighted by Crippen LogP contribution is -2.30. The standard InChI is InChI=1S/C23H24N6O6/c1-28-20-18(21(32)26-23(28)33)29(12-15(30)13-35-16-8-4-3-5-9-16)22(25-20)27-24-11-14-7-6-10-17(34-2)19(14)31/h3-11,15,30-31H,12-13H2,1-2H3,(H,25,27)(H,26,32,33)/b24-11-/t15-/m0/s1. The molecule has 4 aromatic rings. The van der Waals surface area contributed by atoms with Crippen LogP contribution in [0.5, 0.6) is 17.2 Å². The third kappa shape index (κ3) is 5.01. The summed E-state index contributed by atoms with van der Waals surface area (Å²) in [6.07, 6.45) is 0.330. The molecule has 0 aliphatic carbocycles. The predicted molar refractivity (Wildman–Crippen MR) is 129 cm³/mol. The van der Waals surface area contributed by atoms with Crippen LogP contribution in [0.25, 0.3) is 11.2 Å². The highest BCUT2D eigenvalue weighted by Gasteiger charge is 2.20. The second kappa shape index (κ2) is 10.1. The van der Waals surface area contributed by atoms with Crippen molar-refractivity contribution in [1.29, 1.82) is 0 Å². The first-order valence-electron chi connectivity index (χ1n) is 10.6. The topological polar surface area (TPSA) is 156 Å². The van der Waals surface area contributed by atoms with Crippen LogP contribution < -0.4 is 26.1 Å². The van der Waals surface area contributed by atoms with Gasteiger partial charge >= 0.3 is 5.69 Å². The van der Waals surface area contributed by atoms with E-state index in [0.717, 1.165) is 0 Å². The summed E-state index contributed by atoms with van der Waals surface area (Å²) in [7, 11) is 2.90. The lowest BCUT2D eigenvalue weighted by molar-refractivity contribution is 0.0938. The number of aliphatic hydroxyl groups is 1. The van der Waals surface area contributed by atoms with Crippen molar-refractivity contribution in [3.8, 4) is 17.2 Å². The molecule has 0 radical (unpaired) electrons. The van der Waals surface area contributed by atoms with Crippen molar-refractivity contribution in [2.45, 2.75) is 12.6 Å². The van der Waals surface area contributed by atoms with Crippen LogP contribution in [0.1, 0.15) is 5.56 Å². The van der Waals surface area contributed by atoms with Crippen LogP contribution in [0, 0.1) is 0 Å². The lowest BCUT2D eigenvalue weighted by atomic mass is 10.2. The largest absolute Gasteiger partial charge is 0.504 e. The first kappa shape index (κ1) is 23.6. The van der Waals surface area contributed by atoms with E-state index in [4.69, 9.17) is 9.47 Å². The quantitative estimate of drug-likeness (QED) is 0.204. The second-order valence-corrected chi connectivity index (χ2v) is 7.58. The van der Waals surface area contributed by atoms with Gasteiger partial charge in [-0.05, 0) is 24.3 Å². The van der Waals surface area contributed by atoms with Gasteiger partial charge in [0, 0.05) is 12.6 Å². The van der Waals surface area contributed by atoms with Crippen LogP contribution in [0.2, 0.25) is 0 Å². The van der Waals surface area contributed by atoms with Crippen LogP contribution in [0.4, 0.5) is 5.95 Å². The molecule has 1 atom stereocenters. The molecule has 0 unspecified atom stereocenters. The number of rotatable bonds is 9. The zero-order valence-corrected chi connectivity index (χ0v) is 19.0. The summed E-state index contributed by atoms with van der Waals surface area (Å²) in [6, 6.07) is 13.9. The van der Waals surface area contributed by atoms with E-state index >= 15 is 0 Å². The number of imidazole rings is 1. The third-order valence-electron chi connectivity index (χ3n) is 5.20. The number of nitrogens with zero attached hydrogens (tertiary/aromatic N) is 4. The van der Waals surface area contributed by atoms with Gasteiger partial charge in [-0.3, -0.25) is 14.3 Å². The summed E-state index contributed by atoms with van der Waals surface area (Å²) in [6.45, 7) is -0.124. The van der Waals surface area contributed by atoms with E-state index in [2.05, 4.69) is 20.5 Å². The molecule has 0 bridgehead atoms. The fourth-order valence-corrected chi connectivity index (χ4v) is 3.44. The Balaban J connectivity index is 1.64. The second-order valence-electron chi connectivity index (χ2n) is 7.58. The number of anilines is 1. The number of para-hydroxylation sites is 2. The zero-order valence-electron chi connectivity index (χ0n) is 19.0. The molecule has 0 spiro atoms. The minimum Gasteiger partial charge on any atom is -0.504 e. The molecule has 0 aliphatic heterocycles. The first-order valence-corrected chi connectivity index (χ1v) is 10.6. The molecule has 0 fully saturated rings. The fraction of sp³-hybridized carbons (Fsp3) is 0.217. The molecule has 0 saturated carbocycles. The van der Waals surface area contributed by atoms with Crippen LogP contribution >= 0.6 is 0 Å². The number of hydrogen-bond donors (Lipinski definition) is 4. The Hall–Kier alpha value is -4.58. The molecule has 35 heavy (non-hydrogen) atoms. The summed E-state index contributed by atoms with van der Waals surface area (Å²) in [4.78, 5) is 31.2. The Bertz CT molecular complexity index is 1470. The van der Waals surface area contributed by atoms with Gasteiger partial charge in [0.1, 0.15) is 18.5 Å². The lowest BCUT2D eigenvalue weighted by Gasteiger charge is -2.15. The van der Waals surface area contributed by atoms with Gasteiger partial charge in [0.25, 0.3) is 5.56 Å². The summed E-state index contributed by atoms with van der Waals surface area (Å²) >= 11 is 0. The van der Waals surface area contributed by atoms with E-state index in [1.54, 1.807) is 30.3 Å². The van der Waals surface area contributed by atoms with Gasteiger partial charge in [-0.25, -0.2) is 10.2 Å². The number of phenols is 1. The molecule has 2 aromatic carbocycles. The minimum absolute atomic E-state index is 0.0479. The van der Waals surface area contributed by atoms with E-state index in [1.165, 1.54) is 29.5 Å². The third-order valence-corrected chi connectivity index (χ3v) is 5.20. The molecule has 0 saturated heterocycles. The summed E-state index contributed by atoms with van der Waals surface area (Å²) in [5, 5.41) is 24.9.